The first-order valence-corrected chi connectivity index (χ1v) is 15.5. The molecule has 1 atom stereocenters. The highest BCUT2D eigenvalue weighted by Gasteiger charge is 2.33. The van der Waals surface area contributed by atoms with Gasteiger partial charge in [-0.05, 0) is 80.6 Å². The summed E-state index contributed by atoms with van der Waals surface area (Å²) in [6.45, 7) is 11.4. The van der Waals surface area contributed by atoms with Crippen LogP contribution in [0.3, 0.4) is 0 Å². The lowest BCUT2D eigenvalue weighted by molar-refractivity contribution is -0.139. The van der Waals surface area contributed by atoms with Crippen molar-refractivity contribution in [2.75, 3.05) is 17.4 Å². The molecule has 0 saturated carbocycles. The van der Waals surface area contributed by atoms with Crippen LogP contribution in [0.2, 0.25) is 0 Å². The van der Waals surface area contributed by atoms with Gasteiger partial charge in [-0.1, -0.05) is 71.7 Å². The van der Waals surface area contributed by atoms with Gasteiger partial charge in [0.25, 0.3) is 10.0 Å². The van der Waals surface area contributed by atoms with Gasteiger partial charge in [-0.25, -0.2) is 8.42 Å². The van der Waals surface area contributed by atoms with E-state index in [2.05, 4.69) is 21.2 Å². The van der Waals surface area contributed by atoms with E-state index in [4.69, 9.17) is 0 Å². The quantitative estimate of drug-likeness (QED) is 0.293. The smallest absolute Gasteiger partial charge is 0.264 e. The Morgan fingerprint density at radius 2 is 1.48 bits per heavy atom. The third kappa shape index (κ3) is 7.95. The van der Waals surface area contributed by atoms with Gasteiger partial charge in [-0.2, -0.15) is 0 Å². The predicted molar refractivity (Wildman–Crippen MR) is 164 cm³/mol. The third-order valence-electron chi connectivity index (χ3n) is 6.64. The molecule has 214 valence electrons. The molecule has 0 aliphatic carbocycles. The summed E-state index contributed by atoms with van der Waals surface area (Å²) in [6.07, 6.45) is 0. The van der Waals surface area contributed by atoms with E-state index in [1.165, 1.54) is 4.90 Å². The summed E-state index contributed by atoms with van der Waals surface area (Å²) in [5.74, 6) is -0.531. The van der Waals surface area contributed by atoms with E-state index in [1.54, 1.807) is 37.3 Å². The molecule has 3 rings (SSSR count). The van der Waals surface area contributed by atoms with Crippen molar-refractivity contribution in [3.05, 3.63) is 93.5 Å². The van der Waals surface area contributed by atoms with Gasteiger partial charge < -0.3 is 10.2 Å². The maximum absolute atomic E-state index is 14.0. The molecule has 0 aliphatic heterocycles. The van der Waals surface area contributed by atoms with Crippen LogP contribution in [0.25, 0.3) is 0 Å². The van der Waals surface area contributed by atoms with E-state index < -0.39 is 28.5 Å². The molecule has 0 bridgehead atoms. The van der Waals surface area contributed by atoms with E-state index in [0.29, 0.717) is 12.2 Å². The summed E-state index contributed by atoms with van der Waals surface area (Å²) in [7, 11) is -4.11. The van der Waals surface area contributed by atoms with Crippen LogP contribution in [0.1, 0.15) is 43.0 Å². The Hall–Kier alpha value is -3.17. The van der Waals surface area contributed by atoms with Crippen LogP contribution in [0.5, 0.6) is 0 Å². The predicted octanol–water partition coefficient (Wildman–Crippen LogP) is 5.76. The Balaban J connectivity index is 2.05. The SMILES string of the molecule is Cc1ccc(S(=O)(=O)N(CC(=O)N(Cc2ccc(Br)cc2)[C@H](C)C(=O)NCC(C)C)c2cc(C)ccc2C)cc1. The number of halogens is 1. The lowest BCUT2D eigenvalue weighted by Crippen LogP contribution is -2.51. The number of hydrogen-bond acceptors (Lipinski definition) is 4. The van der Waals surface area contributed by atoms with Crippen LogP contribution in [0, 0.1) is 26.7 Å². The summed E-state index contributed by atoms with van der Waals surface area (Å²) in [5, 5.41) is 2.90. The van der Waals surface area contributed by atoms with Crippen LogP contribution in [-0.2, 0) is 26.2 Å². The second kappa shape index (κ2) is 13.5. The summed E-state index contributed by atoms with van der Waals surface area (Å²) in [5.41, 5.74) is 3.76. The van der Waals surface area contributed by atoms with Crippen molar-refractivity contribution in [2.24, 2.45) is 5.92 Å². The van der Waals surface area contributed by atoms with Crippen molar-refractivity contribution in [3.8, 4) is 0 Å². The molecule has 0 unspecified atom stereocenters. The van der Waals surface area contributed by atoms with Gasteiger partial charge in [-0.3, -0.25) is 13.9 Å². The number of anilines is 1. The molecule has 0 spiro atoms. The Labute approximate surface area is 246 Å². The number of aryl methyl sites for hydroxylation is 3. The number of rotatable bonds is 11. The summed E-state index contributed by atoms with van der Waals surface area (Å²) in [6, 6.07) is 18.7. The van der Waals surface area contributed by atoms with Gasteiger partial charge in [0.05, 0.1) is 10.6 Å². The van der Waals surface area contributed by atoms with Crippen molar-refractivity contribution >= 4 is 43.5 Å². The highest BCUT2D eigenvalue weighted by molar-refractivity contribution is 9.10. The van der Waals surface area contributed by atoms with Gasteiger partial charge in [-0.15, -0.1) is 0 Å². The topological polar surface area (TPSA) is 86.8 Å². The normalized spacial score (nSPS) is 12.2. The molecule has 0 aromatic heterocycles. The van der Waals surface area contributed by atoms with E-state index in [1.807, 2.05) is 71.0 Å². The number of nitrogens with one attached hydrogen (secondary N) is 1. The number of nitrogens with zero attached hydrogens (tertiary/aromatic N) is 2. The average molecular weight is 629 g/mol. The fraction of sp³-hybridized carbons (Fsp3) is 0.355. The molecular weight excluding hydrogens is 590 g/mol. The molecule has 0 heterocycles. The van der Waals surface area contributed by atoms with Gasteiger partial charge in [0.1, 0.15) is 12.6 Å². The Bertz CT molecular complexity index is 1440. The van der Waals surface area contributed by atoms with E-state index in [0.717, 1.165) is 31.0 Å². The molecule has 0 aliphatic rings. The van der Waals surface area contributed by atoms with Crippen LogP contribution >= 0.6 is 15.9 Å². The summed E-state index contributed by atoms with van der Waals surface area (Å²) >= 11 is 3.43. The summed E-state index contributed by atoms with van der Waals surface area (Å²) in [4.78, 5) is 28.7. The van der Waals surface area contributed by atoms with Crippen LogP contribution in [0.15, 0.2) is 76.1 Å². The zero-order valence-corrected chi connectivity index (χ0v) is 26.3. The maximum Gasteiger partial charge on any atom is 0.264 e. The summed E-state index contributed by atoms with van der Waals surface area (Å²) < 4.78 is 30.1. The van der Waals surface area contributed by atoms with Gasteiger partial charge in [0, 0.05) is 17.6 Å². The van der Waals surface area contributed by atoms with E-state index >= 15 is 0 Å². The molecule has 40 heavy (non-hydrogen) atoms. The van der Waals surface area contributed by atoms with Crippen LogP contribution < -0.4 is 9.62 Å². The van der Waals surface area contributed by atoms with Crippen LogP contribution in [0.4, 0.5) is 5.69 Å². The number of benzene rings is 3. The fourth-order valence-electron chi connectivity index (χ4n) is 4.16. The first-order valence-electron chi connectivity index (χ1n) is 13.3. The zero-order chi connectivity index (χ0) is 29.6. The van der Waals surface area contributed by atoms with Crippen molar-refractivity contribution in [1.29, 1.82) is 0 Å². The minimum absolute atomic E-state index is 0.0917. The molecule has 1 N–H and O–H groups in total. The number of amides is 2. The lowest BCUT2D eigenvalue weighted by Gasteiger charge is -2.32. The Morgan fingerprint density at radius 1 is 0.875 bits per heavy atom. The molecule has 0 radical (unpaired) electrons. The maximum atomic E-state index is 14.0. The van der Waals surface area contributed by atoms with E-state index in [9.17, 15) is 18.0 Å². The highest BCUT2D eigenvalue weighted by atomic mass is 79.9. The lowest BCUT2D eigenvalue weighted by atomic mass is 10.1. The van der Waals surface area contributed by atoms with Crippen LogP contribution in [-0.4, -0.2) is 44.3 Å². The first-order chi connectivity index (χ1) is 18.8. The second-order valence-corrected chi connectivity index (χ2v) is 13.4. The van der Waals surface area contributed by atoms with Gasteiger partial charge in [0.2, 0.25) is 11.8 Å². The highest BCUT2D eigenvalue weighted by Crippen LogP contribution is 2.29. The zero-order valence-electron chi connectivity index (χ0n) is 23.9. The van der Waals surface area contributed by atoms with E-state index in [-0.39, 0.29) is 23.3 Å². The second-order valence-electron chi connectivity index (χ2n) is 10.6. The van der Waals surface area contributed by atoms with Crippen molar-refractivity contribution in [2.45, 2.75) is 59.0 Å². The molecule has 3 aromatic carbocycles. The average Bonchev–Trinajstić information content (AvgIpc) is 2.91. The van der Waals surface area contributed by atoms with Crippen molar-refractivity contribution in [3.63, 3.8) is 0 Å². The molecule has 0 saturated heterocycles. The largest absolute Gasteiger partial charge is 0.354 e. The molecule has 3 aromatic rings. The third-order valence-corrected chi connectivity index (χ3v) is 8.94. The Kier molecular flexibility index (Phi) is 10.6. The Morgan fingerprint density at radius 3 is 2.08 bits per heavy atom. The monoisotopic (exact) mass is 627 g/mol. The molecule has 2 amide bonds. The molecular formula is C31H38BrN3O4S. The molecule has 7 nitrogen and oxygen atoms in total. The molecule has 0 fully saturated rings. The number of sulfonamides is 1. The number of hydrogen-bond donors (Lipinski definition) is 1. The first kappa shape index (κ1) is 31.4. The number of carbonyl (C=O) groups is 2. The standard InChI is InChI=1S/C31H38BrN3O4S/c1-21(2)18-33-31(37)25(6)34(19-26-11-13-27(32)14-12-26)30(36)20-35(29-17-23(4)7-10-24(29)5)40(38,39)28-15-8-22(3)9-16-28/h7-17,21,25H,18-20H2,1-6H3,(H,33,37)/t25-/m1/s1. The minimum atomic E-state index is -4.11. The minimum Gasteiger partial charge on any atom is -0.354 e. The van der Waals surface area contributed by atoms with Gasteiger partial charge in [0.15, 0.2) is 0 Å². The van der Waals surface area contributed by atoms with Crippen molar-refractivity contribution in [1.82, 2.24) is 10.2 Å². The van der Waals surface area contributed by atoms with Crippen molar-refractivity contribution < 1.29 is 18.0 Å². The fourth-order valence-corrected chi connectivity index (χ4v) is 5.90. The number of carbonyl (C=O) groups excluding carboxylic acids is 2. The van der Waals surface area contributed by atoms with Gasteiger partial charge >= 0.3 is 0 Å². The molecule has 9 heteroatoms.